The van der Waals surface area contributed by atoms with Crippen molar-refractivity contribution in [2.24, 2.45) is 17.4 Å². The Hall–Kier alpha value is -5.79. The minimum Gasteiger partial charge on any atom is -0.508 e. The average molecular weight is 842 g/mol. The Kier molecular flexibility index (Phi) is 17.2. The molecule has 8 amide bonds. The fraction of sp³-hybridized carbons (Fsp3) is 0.625. The first kappa shape index (κ1) is 46.9. The van der Waals surface area contributed by atoms with E-state index < -0.39 is 95.5 Å². The minimum atomic E-state index is -1.38. The maximum atomic E-state index is 14.2. The van der Waals surface area contributed by atoms with Gasteiger partial charge in [-0.15, -0.1) is 0 Å². The van der Waals surface area contributed by atoms with Crippen LogP contribution in [0, 0.1) is 5.92 Å². The topological polar surface area (TPSA) is 313 Å². The highest BCUT2D eigenvalue weighted by molar-refractivity contribution is 5.97. The Morgan fingerprint density at radius 3 is 1.72 bits per heavy atom. The molecule has 0 radical (unpaired) electrons. The number of carbonyl (C=O) groups excluding carboxylic acids is 8. The highest BCUT2D eigenvalue weighted by Gasteiger charge is 2.42. The first-order valence-electron chi connectivity index (χ1n) is 20.6. The Morgan fingerprint density at radius 1 is 0.700 bits per heavy atom. The van der Waals surface area contributed by atoms with Crippen molar-refractivity contribution in [3.05, 3.63) is 29.8 Å². The zero-order valence-electron chi connectivity index (χ0n) is 34.2. The quantitative estimate of drug-likeness (QED) is 0.0667. The summed E-state index contributed by atoms with van der Waals surface area (Å²) in [6, 6.07) is -1.79. The zero-order chi connectivity index (χ0) is 44.1. The van der Waals surface area contributed by atoms with Gasteiger partial charge in [-0.3, -0.25) is 38.4 Å². The number of rotatable bonds is 21. The predicted molar refractivity (Wildman–Crippen MR) is 214 cm³/mol. The molecule has 3 heterocycles. The van der Waals surface area contributed by atoms with Crippen molar-refractivity contribution in [1.29, 1.82) is 0 Å². The van der Waals surface area contributed by atoms with Crippen LogP contribution < -0.4 is 38.1 Å². The number of carbonyl (C=O) groups is 9. The van der Waals surface area contributed by atoms with Crippen molar-refractivity contribution < 1.29 is 53.4 Å². The van der Waals surface area contributed by atoms with E-state index in [1.54, 1.807) is 0 Å². The summed E-state index contributed by atoms with van der Waals surface area (Å²) in [5, 5.41) is 33.1. The van der Waals surface area contributed by atoms with Crippen molar-refractivity contribution in [3.63, 3.8) is 0 Å². The number of likely N-dealkylation sites (tertiary alicyclic amines) is 2. The number of carboxylic acids is 1. The molecule has 20 nitrogen and oxygen atoms in total. The molecule has 0 bridgehead atoms. The van der Waals surface area contributed by atoms with Gasteiger partial charge < -0.3 is 58.1 Å². The molecule has 7 unspecified atom stereocenters. The van der Waals surface area contributed by atoms with Gasteiger partial charge in [0, 0.05) is 32.4 Å². The average Bonchev–Trinajstić information content (AvgIpc) is 4.00. The van der Waals surface area contributed by atoms with Crippen molar-refractivity contribution in [2.75, 3.05) is 19.6 Å². The summed E-state index contributed by atoms with van der Waals surface area (Å²) in [6.45, 7) is 4.59. The summed E-state index contributed by atoms with van der Waals surface area (Å²) >= 11 is 0. The van der Waals surface area contributed by atoms with E-state index in [9.17, 15) is 53.4 Å². The molecule has 20 heteroatoms. The number of hydrogen-bond acceptors (Lipinski definition) is 11. The fourth-order valence-electron chi connectivity index (χ4n) is 7.86. The second kappa shape index (κ2) is 22.0. The normalized spacial score (nSPS) is 20.8. The minimum absolute atomic E-state index is 0.00457. The van der Waals surface area contributed by atoms with Gasteiger partial charge >= 0.3 is 5.97 Å². The van der Waals surface area contributed by atoms with E-state index >= 15 is 0 Å². The Balaban J connectivity index is 1.47. The van der Waals surface area contributed by atoms with Crippen LogP contribution in [0.5, 0.6) is 5.75 Å². The Bertz CT molecular complexity index is 1750. The molecular formula is C40H59N9O11. The monoisotopic (exact) mass is 841 g/mol. The molecule has 3 saturated heterocycles. The van der Waals surface area contributed by atoms with E-state index in [2.05, 4.69) is 26.6 Å². The molecule has 0 spiro atoms. The molecule has 3 fully saturated rings. The molecule has 0 saturated carbocycles. The molecule has 60 heavy (non-hydrogen) atoms. The lowest BCUT2D eigenvalue weighted by atomic mass is 10.0. The zero-order valence-corrected chi connectivity index (χ0v) is 34.2. The molecule has 11 N–H and O–H groups in total. The number of hydrogen-bond donors (Lipinski definition) is 9. The van der Waals surface area contributed by atoms with Crippen LogP contribution in [0.2, 0.25) is 0 Å². The van der Waals surface area contributed by atoms with Gasteiger partial charge in [-0.1, -0.05) is 26.0 Å². The molecule has 3 aliphatic rings. The number of aliphatic carboxylic acids is 1. The number of nitrogens with one attached hydrogen (secondary N) is 5. The van der Waals surface area contributed by atoms with Crippen LogP contribution in [-0.4, -0.2) is 135 Å². The summed E-state index contributed by atoms with van der Waals surface area (Å²) in [5.41, 5.74) is 11.3. The lowest BCUT2D eigenvalue weighted by Crippen LogP contribution is -2.59. The van der Waals surface area contributed by atoms with Gasteiger partial charge in [0.25, 0.3) is 0 Å². The first-order valence-corrected chi connectivity index (χ1v) is 20.6. The van der Waals surface area contributed by atoms with Crippen LogP contribution >= 0.6 is 0 Å². The summed E-state index contributed by atoms with van der Waals surface area (Å²) in [4.78, 5) is 121. The summed E-state index contributed by atoms with van der Waals surface area (Å²) in [6.07, 6.45) is 1.86. The van der Waals surface area contributed by atoms with Crippen molar-refractivity contribution in [1.82, 2.24) is 36.4 Å². The lowest BCUT2D eigenvalue weighted by Gasteiger charge is -2.32. The third-order valence-electron chi connectivity index (χ3n) is 11.0. The van der Waals surface area contributed by atoms with Crippen LogP contribution in [0.15, 0.2) is 24.3 Å². The van der Waals surface area contributed by atoms with E-state index in [0.717, 1.165) is 6.42 Å². The molecular weight excluding hydrogens is 782 g/mol. The number of amides is 8. The van der Waals surface area contributed by atoms with Crippen LogP contribution in [0.3, 0.4) is 0 Å². The number of benzene rings is 1. The van der Waals surface area contributed by atoms with Gasteiger partial charge in [0.2, 0.25) is 47.3 Å². The molecule has 330 valence electrons. The second-order valence-electron chi connectivity index (χ2n) is 16.1. The molecule has 3 aliphatic heterocycles. The van der Waals surface area contributed by atoms with Gasteiger partial charge in [-0.05, 0) is 87.9 Å². The van der Waals surface area contributed by atoms with E-state index in [1.807, 2.05) is 13.8 Å². The largest absolute Gasteiger partial charge is 0.508 e. The van der Waals surface area contributed by atoms with Crippen LogP contribution in [-0.2, 0) is 49.6 Å². The predicted octanol–water partition coefficient (Wildman–Crippen LogP) is -1.73. The summed E-state index contributed by atoms with van der Waals surface area (Å²) < 4.78 is 0. The van der Waals surface area contributed by atoms with Gasteiger partial charge in [-0.2, -0.15) is 0 Å². The third-order valence-corrected chi connectivity index (χ3v) is 11.0. The first-order chi connectivity index (χ1) is 28.4. The molecule has 7 atom stereocenters. The van der Waals surface area contributed by atoms with Gasteiger partial charge in [-0.25, -0.2) is 4.79 Å². The van der Waals surface area contributed by atoms with Crippen molar-refractivity contribution >= 4 is 53.2 Å². The summed E-state index contributed by atoms with van der Waals surface area (Å²) in [7, 11) is 0. The summed E-state index contributed by atoms with van der Waals surface area (Å²) in [5.74, 6) is -6.68. The number of aromatic hydroxyl groups is 1. The number of nitrogens with two attached hydrogens (primary N) is 2. The molecule has 4 rings (SSSR count). The van der Waals surface area contributed by atoms with Crippen molar-refractivity contribution in [2.45, 2.75) is 133 Å². The van der Waals surface area contributed by atoms with Gasteiger partial charge in [0.1, 0.15) is 42.0 Å². The fourth-order valence-corrected chi connectivity index (χ4v) is 7.86. The standard InChI is InChI=1S/C40H59N9O11/c1-22(2)20-28(39(58)49-19-5-8-31(49)37(56)47-29(40(59)60)21-23-9-11-24(50)12-10-23)46-35(54)26(13-15-32(41)51)44-36(55)30-7-4-18-48(30)38(57)27(14-16-33(42)52)45-34(53)25-6-3-17-43-25/h9-12,22,25-31,43,50H,3-8,13-21H2,1-2H3,(H2,41,51)(H2,42,52)(H,44,55)(H,45,53)(H,46,54)(H,47,56)(H,59,60). The Labute approximate surface area is 348 Å². The van der Waals surface area contributed by atoms with E-state index in [1.165, 1.54) is 34.1 Å². The van der Waals surface area contributed by atoms with Crippen LogP contribution in [0.4, 0.5) is 0 Å². The van der Waals surface area contributed by atoms with Gasteiger partial charge in [0.05, 0.1) is 6.04 Å². The molecule has 1 aromatic rings. The van der Waals surface area contributed by atoms with Crippen molar-refractivity contribution in [3.8, 4) is 5.75 Å². The highest BCUT2D eigenvalue weighted by atomic mass is 16.4. The SMILES string of the molecule is CC(C)CC(NC(=O)C(CCC(N)=O)NC(=O)C1CCCN1C(=O)C(CCC(N)=O)NC(=O)C1CCCN1)C(=O)N1CCCC1C(=O)NC(Cc1ccc(O)cc1)C(=O)O. The second-order valence-corrected chi connectivity index (χ2v) is 16.1. The van der Waals surface area contributed by atoms with Crippen LogP contribution in [0.25, 0.3) is 0 Å². The number of phenolic OH excluding ortho intramolecular Hbond substituents is 1. The van der Waals surface area contributed by atoms with E-state index in [4.69, 9.17) is 11.5 Å². The van der Waals surface area contributed by atoms with Gasteiger partial charge in [0.15, 0.2) is 0 Å². The number of nitrogens with zero attached hydrogens (tertiary/aromatic N) is 2. The van der Waals surface area contributed by atoms with E-state index in [0.29, 0.717) is 31.4 Å². The number of primary amides is 2. The number of phenols is 1. The lowest BCUT2D eigenvalue weighted by molar-refractivity contribution is -0.145. The molecule has 1 aromatic carbocycles. The van der Waals surface area contributed by atoms with E-state index in [-0.39, 0.29) is 76.1 Å². The maximum absolute atomic E-state index is 14.2. The number of carboxylic acid groups (broad SMARTS) is 1. The third kappa shape index (κ3) is 13.4. The molecule has 0 aliphatic carbocycles. The Morgan fingerprint density at radius 2 is 1.22 bits per heavy atom. The highest BCUT2D eigenvalue weighted by Crippen LogP contribution is 2.23. The maximum Gasteiger partial charge on any atom is 0.326 e. The smallest absolute Gasteiger partial charge is 0.326 e. The van der Waals surface area contributed by atoms with Crippen LogP contribution in [0.1, 0.15) is 90.0 Å². The molecule has 0 aromatic heterocycles.